The molecule has 0 saturated heterocycles. The van der Waals surface area contributed by atoms with Gasteiger partial charge in [-0.3, -0.25) is 9.59 Å². The van der Waals surface area contributed by atoms with Gasteiger partial charge in [-0.25, -0.2) is 5.10 Å². The average Bonchev–Trinajstić information content (AvgIpc) is 2.54. The lowest BCUT2D eigenvalue weighted by atomic mass is 10.1. The normalized spacial score (nSPS) is 13.3. The number of carbonyl (C=O) groups is 1. The summed E-state index contributed by atoms with van der Waals surface area (Å²) in [4.78, 5) is 22.9. The van der Waals surface area contributed by atoms with E-state index in [1.807, 2.05) is 0 Å². The molecule has 0 unspecified atom stereocenters. The number of H-pyrrole nitrogens is 1. The largest absolute Gasteiger partial charge is 0.317 e. The summed E-state index contributed by atoms with van der Waals surface area (Å²) in [7, 11) is 0. The van der Waals surface area contributed by atoms with Gasteiger partial charge in [0.05, 0.1) is 5.56 Å². The fraction of sp³-hybridized carbons (Fsp3) is 0. The van der Waals surface area contributed by atoms with E-state index in [1.165, 1.54) is 0 Å². The number of halogens is 1. The lowest BCUT2D eigenvalue weighted by Gasteiger charge is -1.99. The Morgan fingerprint density at radius 1 is 1.27 bits per heavy atom. The molecule has 0 spiro atoms. The Morgan fingerprint density at radius 2 is 2.07 bits per heavy atom. The van der Waals surface area contributed by atoms with E-state index in [2.05, 4.69) is 31.4 Å². The number of carbonyl (C=O) groups excluding carboxylic acids is 1. The quantitative estimate of drug-likeness (QED) is 0.753. The number of anilines is 1. The molecule has 1 aliphatic rings. The highest BCUT2D eigenvalue weighted by atomic mass is 79.9. The number of benzene rings is 1. The van der Waals surface area contributed by atoms with Crippen LogP contribution < -0.4 is 10.9 Å². The molecule has 15 heavy (non-hydrogen) atoms. The Labute approximate surface area is 91.6 Å². The lowest BCUT2D eigenvalue weighted by molar-refractivity contribution is 0.103. The van der Waals surface area contributed by atoms with Crippen molar-refractivity contribution in [3.63, 3.8) is 0 Å². The number of aromatic amines is 1. The number of nitrogens with zero attached hydrogens (tertiary/aromatic N) is 1. The van der Waals surface area contributed by atoms with Crippen molar-refractivity contribution in [3.05, 3.63) is 32.5 Å². The van der Waals surface area contributed by atoms with Gasteiger partial charge in [-0.2, -0.15) is 5.10 Å². The van der Waals surface area contributed by atoms with Crippen LogP contribution in [-0.4, -0.2) is 16.1 Å². The van der Waals surface area contributed by atoms with Gasteiger partial charge in [0, 0.05) is 9.86 Å². The van der Waals surface area contributed by atoms with Crippen LogP contribution in [0.25, 0.3) is 10.9 Å². The van der Waals surface area contributed by atoms with Crippen molar-refractivity contribution in [2.45, 2.75) is 0 Å². The maximum absolute atomic E-state index is 11.5. The van der Waals surface area contributed by atoms with E-state index in [0.29, 0.717) is 16.5 Å². The first-order chi connectivity index (χ1) is 7.18. The fourth-order valence-corrected chi connectivity index (χ4v) is 2.11. The Balaban J connectivity index is 2.65. The first kappa shape index (κ1) is 8.60. The molecule has 0 atom stereocenters. The van der Waals surface area contributed by atoms with Crippen molar-refractivity contribution in [1.82, 2.24) is 10.2 Å². The molecular weight excluding hydrogens is 262 g/mol. The van der Waals surface area contributed by atoms with Crippen molar-refractivity contribution >= 4 is 38.4 Å². The van der Waals surface area contributed by atoms with E-state index in [4.69, 9.17) is 0 Å². The molecule has 3 rings (SSSR count). The molecule has 0 saturated carbocycles. The third kappa shape index (κ3) is 0.992. The second kappa shape index (κ2) is 2.66. The number of hydrogen-bond acceptors (Lipinski definition) is 3. The molecule has 0 bridgehead atoms. The van der Waals surface area contributed by atoms with Gasteiger partial charge in [-0.05, 0) is 28.1 Å². The lowest BCUT2D eigenvalue weighted by Crippen LogP contribution is -2.14. The molecule has 1 aliphatic heterocycles. The number of amides is 1. The molecule has 1 aromatic carbocycles. The Bertz CT molecular complexity index is 662. The van der Waals surface area contributed by atoms with Crippen LogP contribution in [-0.2, 0) is 0 Å². The molecule has 0 radical (unpaired) electrons. The molecule has 6 heteroatoms. The van der Waals surface area contributed by atoms with Crippen LogP contribution in [0.5, 0.6) is 0 Å². The minimum Gasteiger partial charge on any atom is -0.317 e. The van der Waals surface area contributed by atoms with Gasteiger partial charge in [-0.15, -0.1) is 0 Å². The number of aromatic nitrogens is 2. The second-order valence-corrected chi connectivity index (χ2v) is 4.05. The average molecular weight is 266 g/mol. The van der Waals surface area contributed by atoms with Crippen molar-refractivity contribution < 1.29 is 4.79 Å². The molecule has 5 nitrogen and oxygen atoms in total. The Kier molecular flexibility index (Phi) is 1.53. The summed E-state index contributed by atoms with van der Waals surface area (Å²) in [6, 6.07) is 3.40. The van der Waals surface area contributed by atoms with Crippen LogP contribution in [0.2, 0.25) is 0 Å². The molecule has 2 aromatic rings. The zero-order valence-electron chi connectivity index (χ0n) is 7.30. The molecule has 1 aromatic heterocycles. The monoisotopic (exact) mass is 265 g/mol. The molecule has 0 fully saturated rings. The summed E-state index contributed by atoms with van der Waals surface area (Å²) >= 11 is 3.31. The van der Waals surface area contributed by atoms with Gasteiger partial charge in [0.25, 0.3) is 11.5 Å². The van der Waals surface area contributed by atoms with Crippen LogP contribution in [0.15, 0.2) is 21.4 Å². The Hall–Kier alpha value is -1.69. The SMILES string of the molecule is O=C1Nc2c(=O)[nH]nc3c(Br)ccc1c23. The topological polar surface area (TPSA) is 74.8 Å². The standard InChI is InChI=1S/C9H4BrN3O2/c10-4-2-1-3-5-6(4)12-13-9(15)7(5)11-8(3)14/h1-2H,(H,11,14)(H,13,15). The van der Waals surface area contributed by atoms with Gasteiger partial charge in [0.1, 0.15) is 11.2 Å². The predicted molar refractivity (Wildman–Crippen MR) is 58.0 cm³/mol. The van der Waals surface area contributed by atoms with E-state index in [-0.39, 0.29) is 17.2 Å². The minimum absolute atomic E-state index is 0.263. The van der Waals surface area contributed by atoms with E-state index >= 15 is 0 Å². The molecule has 2 N–H and O–H groups in total. The predicted octanol–water partition coefficient (Wildman–Crippen LogP) is 1.25. The molecule has 2 heterocycles. The second-order valence-electron chi connectivity index (χ2n) is 3.20. The summed E-state index contributed by atoms with van der Waals surface area (Å²) in [5, 5.41) is 9.34. The summed E-state index contributed by atoms with van der Waals surface area (Å²) in [6.45, 7) is 0. The maximum atomic E-state index is 11.5. The van der Waals surface area contributed by atoms with Crippen molar-refractivity contribution in [2.75, 3.05) is 5.32 Å². The Morgan fingerprint density at radius 3 is 2.87 bits per heavy atom. The highest BCUT2D eigenvalue weighted by Crippen LogP contribution is 2.32. The van der Waals surface area contributed by atoms with Crippen LogP contribution in [0.1, 0.15) is 10.4 Å². The zero-order valence-corrected chi connectivity index (χ0v) is 8.88. The first-order valence-electron chi connectivity index (χ1n) is 4.21. The van der Waals surface area contributed by atoms with Crippen LogP contribution >= 0.6 is 15.9 Å². The highest BCUT2D eigenvalue weighted by Gasteiger charge is 2.25. The van der Waals surface area contributed by atoms with E-state index < -0.39 is 0 Å². The first-order valence-corrected chi connectivity index (χ1v) is 5.00. The number of hydrogen-bond donors (Lipinski definition) is 2. The third-order valence-corrected chi connectivity index (χ3v) is 3.00. The van der Waals surface area contributed by atoms with Crippen molar-refractivity contribution in [1.29, 1.82) is 0 Å². The number of rotatable bonds is 0. The molecule has 1 amide bonds. The van der Waals surface area contributed by atoms with Gasteiger partial charge in [-0.1, -0.05) is 0 Å². The van der Waals surface area contributed by atoms with Gasteiger partial charge in [0.15, 0.2) is 0 Å². The highest BCUT2D eigenvalue weighted by molar-refractivity contribution is 9.10. The van der Waals surface area contributed by atoms with Gasteiger partial charge >= 0.3 is 0 Å². The minimum atomic E-state index is -0.382. The van der Waals surface area contributed by atoms with Crippen molar-refractivity contribution in [3.8, 4) is 0 Å². The smallest absolute Gasteiger partial charge is 0.288 e. The summed E-state index contributed by atoms with van der Waals surface area (Å²) in [5.74, 6) is -0.263. The van der Waals surface area contributed by atoms with Gasteiger partial charge < -0.3 is 5.32 Å². The van der Waals surface area contributed by atoms with Gasteiger partial charge in [0.2, 0.25) is 0 Å². The zero-order chi connectivity index (χ0) is 10.6. The van der Waals surface area contributed by atoms with Crippen LogP contribution in [0.3, 0.4) is 0 Å². The van der Waals surface area contributed by atoms with E-state index in [1.54, 1.807) is 12.1 Å². The summed E-state index contributed by atoms with van der Waals surface area (Å²) in [6.07, 6.45) is 0. The van der Waals surface area contributed by atoms with Crippen LogP contribution in [0.4, 0.5) is 5.69 Å². The molecule has 0 aliphatic carbocycles. The summed E-state index contributed by atoms with van der Waals surface area (Å²) in [5.41, 5.74) is 0.969. The summed E-state index contributed by atoms with van der Waals surface area (Å²) < 4.78 is 0.746. The fourth-order valence-electron chi connectivity index (χ4n) is 1.69. The van der Waals surface area contributed by atoms with Crippen LogP contribution in [0, 0.1) is 0 Å². The number of nitrogens with one attached hydrogen (secondary N) is 2. The van der Waals surface area contributed by atoms with E-state index in [9.17, 15) is 9.59 Å². The molecular formula is C9H4BrN3O2. The third-order valence-electron chi connectivity index (χ3n) is 2.36. The van der Waals surface area contributed by atoms with E-state index in [0.717, 1.165) is 4.47 Å². The molecule has 74 valence electrons. The maximum Gasteiger partial charge on any atom is 0.288 e. The van der Waals surface area contributed by atoms with Crippen molar-refractivity contribution in [2.24, 2.45) is 0 Å².